The first-order valence-electron chi connectivity index (χ1n) is 7.75. The quantitative estimate of drug-likeness (QED) is 0.776. The Morgan fingerprint density at radius 1 is 1.29 bits per heavy atom. The van der Waals surface area contributed by atoms with Crippen LogP contribution in [0.2, 0.25) is 0 Å². The molecule has 7 heteroatoms. The third kappa shape index (κ3) is 2.60. The van der Waals surface area contributed by atoms with Crippen LogP contribution in [-0.2, 0) is 0 Å². The van der Waals surface area contributed by atoms with Gasteiger partial charge in [0.25, 0.3) is 5.91 Å². The Kier molecular flexibility index (Phi) is 3.26. The van der Waals surface area contributed by atoms with Gasteiger partial charge in [-0.15, -0.1) is 0 Å². The minimum Gasteiger partial charge on any atom is -0.382 e. The van der Waals surface area contributed by atoms with Gasteiger partial charge in [-0.05, 0) is 56.2 Å². The van der Waals surface area contributed by atoms with Crippen LogP contribution in [0.25, 0.3) is 0 Å². The number of hydrogen-bond donors (Lipinski definition) is 3. The largest absolute Gasteiger partial charge is 0.382 e. The number of piperidine rings is 3. The molecule has 4 fully saturated rings. The number of aromatic nitrogens is 1. The molecule has 21 heavy (non-hydrogen) atoms. The molecule has 1 atom stereocenters. The Balaban J connectivity index is 1.51. The zero-order valence-corrected chi connectivity index (χ0v) is 12.8. The van der Waals surface area contributed by atoms with Crippen LogP contribution in [0, 0.1) is 5.92 Å². The topological polar surface area (TPSA) is 83.3 Å². The molecule has 114 valence electrons. The molecule has 1 unspecified atom stereocenters. The highest BCUT2D eigenvalue weighted by molar-refractivity contribution is 7.11. The van der Waals surface area contributed by atoms with Crippen LogP contribution in [0.5, 0.6) is 0 Å². The highest BCUT2D eigenvalue weighted by Crippen LogP contribution is 2.34. The van der Waals surface area contributed by atoms with Crippen molar-refractivity contribution in [1.82, 2.24) is 14.6 Å². The number of rotatable bonds is 4. The van der Waals surface area contributed by atoms with Gasteiger partial charge in [0.2, 0.25) is 0 Å². The Labute approximate surface area is 128 Å². The molecule has 0 spiro atoms. The first kappa shape index (κ1) is 13.3. The van der Waals surface area contributed by atoms with E-state index in [0.717, 1.165) is 24.4 Å². The summed E-state index contributed by atoms with van der Waals surface area (Å²) in [5, 5.41) is 7.39. The number of nitrogens with zero attached hydrogens (tertiary/aromatic N) is 2. The molecule has 1 saturated carbocycles. The van der Waals surface area contributed by atoms with Crippen molar-refractivity contribution in [3.63, 3.8) is 0 Å². The highest BCUT2D eigenvalue weighted by atomic mass is 32.1. The summed E-state index contributed by atoms with van der Waals surface area (Å²) >= 11 is 1.31. The fourth-order valence-corrected chi connectivity index (χ4v) is 4.18. The number of amides is 1. The summed E-state index contributed by atoms with van der Waals surface area (Å²) < 4.78 is 4.18. The molecular weight excluding hydrogens is 286 g/mol. The molecular formula is C14H21N5OS. The molecule has 5 rings (SSSR count). The molecule has 4 aliphatic rings. The molecule has 2 bridgehead atoms. The van der Waals surface area contributed by atoms with Crippen LogP contribution in [0.1, 0.15) is 36.0 Å². The fourth-order valence-electron chi connectivity index (χ4n) is 3.40. The summed E-state index contributed by atoms with van der Waals surface area (Å²) in [6, 6.07) is 0.751. The van der Waals surface area contributed by atoms with Gasteiger partial charge >= 0.3 is 0 Å². The zero-order chi connectivity index (χ0) is 14.4. The number of hydrogen-bond acceptors (Lipinski definition) is 6. The smallest absolute Gasteiger partial charge is 0.258 e. The Morgan fingerprint density at radius 2 is 2.05 bits per heavy atom. The average molecular weight is 307 g/mol. The molecule has 4 N–H and O–H groups in total. The summed E-state index contributed by atoms with van der Waals surface area (Å²) in [5.74, 6) is 0.979. The number of anilines is 2. The Hall–Kier alpha value is -1.34. The van der Waals surface area contributed by atoms with Crippen molar-refractivity contribution < 1.29 is 4.79 Å². The molecule has 1 aromatic rings. The maximum Gasteiger partial charge on any atom is 0.258 e. The van der Waals surface area contributed by atoms with Gasteiger partial charge in [0, 0.05) is 18.6 Å². The lowest BCUT2D eigenvalue weighted by Gasteiger charge is -2.45. The Bertz CT molecular complexity index is 548. The van der Waals surface area contributed by atoms with Crippen molar-refractivity contribution in [2.45, 2.75) is 37.8 Å². The summed E-state index contributed by atoms with van der Waals surface area (Å²) in [6.07, 6.45) is 4.64. The summed E-state index contributed by atoms with van der Waals surface area (Å²) in [6.45, 7) is 3.48. The molecule has 4 heterocycles. The van der Waals surface area contributed by atoms with E-state index in [-0.39, 0.29) is 5.91 Å². The molecule has 3 saturated heterocycles. The van der Waals surface area contributed by atoms with Crippen LogP contribution in [-0.4, -0.2) is 46.9 Å². The first-order chi connectivity index (χ1) is 10.2. The standard InChI is InChI=1S/C14H21N5OS/c15-12-11(13(20)16-9-1-2-9)14(21-18-12)17-10-7-19-5-3-8(10)4-6-19/h8-10,17H,1-7H2,(H2,15,18)(H,16,20). The van der Waals surface area contributed by atoms with Gasteiger partial charge in [0.05, 0.1) is 0 Å². The number of carbonyl (C=O) groups is 1. The van der Waals surface area contributed by atoms with E-state index < -0.39 is 0 Å². The predicted molar refractivity (Wildman–Crippen MR) is 83.6 cm³/mol. The third-order valence-electron chi connectivity index (χ3n) is 4.83. The normalized spacial score (nSPS) is 31.1. The second-order valence-corrected chi connectivity index (χ2v) is 7.18. The molecule has 0 radical (unpaired) electrons. The highest BCUT2D eigenvalue weighted by Gasteiger charge is 2.35. The molecule has 1 amide bonds. The van der Waals surface area contributed by atoms with E-state index >= 15 is 0 Å². The van der Waals surface area contributed by atoms with Gasteiger partial charge in [0.1, 0.15) is 10.6 Å². The SMILES string of the molecule is Nc1nsc(NC2CN3CCC2CC3)c1C(=O)NC1CC1. The summed E-state index contributed by atoms with van der Waals surface area (Å²) in [4.78, 5) is 14.8. The van der Waals surface area contributed by atoms with Crippen LogP contribution in [0.4, 0.5) is 10.8 Å². The lowest BCUT2D eigenvalue weighted by atomic mass is 9.84. The van der Waals surface area contributed by atoms with Crippen LogP contribution in [0.15, 0.2) is 0 Å². The van der Waals surface area contributed by atoms with Crippen molar-refractivity contribution in [3.8, 4) is 0 Å². The monoisotopic (exact) mass is 307 g/mol. The van der Waals surface area contributed by atoms with Crippen LogP contribution < -0.4 is 16.4 Å². The van der Waals surface area contributed by atoms with Gasteiger partial charge in [-0.3, -0.25) is 4.79 Å². The number of nitrogens with two attached hydrogens (primary N) is 1. The molecule has 3 aliphatic heterocycles. The van der Waals surface area contributed by atoms with Gasteiger partial charge in [0.15, 0.2) is 5.82 Å². The average Bonchev–Trinajstić information content (AvgIpc) is 3.23. The minimum absolute atomic E-state index is 0.0764. The lowest BCUT2D eigenvalue weighted by molar-refractivity contribution is 0.0946. The van der Waals surface area contributed by atoms with E-state index in [2.05, 4.69) is 19.9 Å². The van der Waals surface area contributed by atoms with Crippen molar-refractivity contribution in [2.75, 3.05) is 30.7 Å². The second kappa shape index (κ2) is 5.14. The van der Waals surface area contributed by atoms with Gasteiger partial charge in [-0.2, -0.15) is 4.37 Å². The minimum atomic E-state index is -0.0764. The third-order valence-corrected chi connectivity index (χ3v) is 5.62. The van der Waals surface area contributed by atoms with Crippen LogP contribution >= 0.6 is 11.5 Å². The van der Waals surface area contributed by atoms with E-state index in [0.29, 0.717) is 29.4 Å². The summed E-state index contributed by atoms with van der Waals surface area (Å²) in [5.41, 5.74) is 6.45. The lowest BCUT2D eigenvalue weighted by Crippen LogP contribution is -2.53. The van der Waals surface area contributed by atoms with Gasteiger partial charge < -0.3 is 21.3 Å². The van der Waals surface area contributed by atoms with Crippen molar-refractivity contribution >= 4 is 28.3 Å². The number of carbonyl (C=O) groups excluding carboxylic acids is 1. The van der Waals surface area contributed by atoms with Crippen molar-refractivity contribution in [3.05, 3.63) is 5.56 Å². The molecule has 1 aromatic heterocycles. The van der Waals surface area contributed by atoms with E-state index in [1.807, 2.05) is 0 Å². The van der Waals surface area contributed by atoms with E-state index in [4.69, 9.17) is 5.73 Å². The zero-order valence-electron chi connectivity index (χ0n) is 12.0. The summed E-state index contributed by atoms with van der Waals surface area (Å²) in [7, 11) is 0. The van der Waals surface area contributed by atoms with Gasteiger partial charge in [-0.1, -0.05) is 0 Å². The molecule has 0 aromatic carbocycles. The maximum atomic E-state index is 12.3. The van der Waals surface area contributed by atoms with E-state index in [1.165, 1.54) is 37.5 Å². The Morgan fingerprint density at radius 3 is 2.67 bits per heavy atom. The second-order valence-electron chi connectivity index (χ2n) is 6.41. The van der Waals surface area contributed by atoms with E-state index in [9.17, 15) is 4.79 Å². The van der Waals surface area contributed by atoms with Gasteiger partial charge in [-0.25, -0.2) is 0 Å². The number of nitrogens with one attached hydrogen (secondary N) is 2. The van der Waals surface area contributed by atoms with Crippen molar-refractivity contribution in [2.24, 2.45) is 5.92 Å². The first-order valence-corrected chi connectivity index (χ1v) is 8.53. The molecule has 1 aliphatic carbocycles. The predicted octanol–water partition coefficient (Wildman–Crippen LogP) is 1.12. The number of nitrogen functional groups attached to an aromatic ring is 1. The molecule has 6 nitrogen and oxygen atoms in total. The van der Waals surface area contributed by atoms with E-state index in [1.54, 1.807) is 0 Å². The van der Waals surface area contributed by atoms with Crippen LogP contribution in [0.3, 0.4) is 0 Å². The van der Waals surface area contributed by atoms with Crippen molar-refractivity contribution in [1.29, 1.82) is 0 Å². The maximum absolute atomic E-state index is 12.3. The number of fused-ring (bicyclic) bond motifs is 3. The fraction of sp³-hybridized carbons (Fsp3) is 0.714.